The van der Waals surface area contributed by atoms with E-state index in [1.165, 1.54) is 0 Å². The molecule has 116 valence electrons. The van der Waals surface area contributed by atoms with Crippen molar-refractivity contribution >= 4 is 33.2 Å². The van der Waals surface area contributed by atoms with Crippen molar-refractivity contribution in [2.75, 3.05) is 23.4 Å². The molecule has 1 fully saturated rings. The van der Waals surface area contributed by atoms with Crippen LogP contribution < -0.4 is 10.6 Å². The lowest BCUT2D eigenvalue weighted by Gasteiger charge is -2.09. The highest BCUT2D eigenvalue weighted by Crippen LogP contribution is 2.22. The predicted molar refractivity (Wildman–Crippen MR) is 84.5 cm³/mol. The Morgan fingerprint density at radius 3 is 2.62 bits per heavy atom. The number of halogens is 1. The van der Waals surface area contributed by atoms with E-state index in [2.05, 4.69) is 10.6 Å². The molecule has 1 aliphatic heterocycles. The first kappa shape index (κ1) is 16.1. The third-order valence-electron chi connectivity index (χ3n) is 3.50. The molecule has 1 atom stereocenters. The van der Waals surface area contributed by atoms with Gasteiger partial charge in [0, 0.05) is 17.3 Å². The molecule has 0 aliphatic carbocycles. The topological polar surface area (TPSA) is 75.3 Å². The van der Waals surface area contributed by atoms with Crippen LogP contribution in [0.2, 0.25) is 5.02 Å². The summed E-state index contributed by atoms with van der Waals surface area (Å²) in [6.07, 6.45) is 2.37. The summed E-state index contributed by atoms with van der Waals surface area (Å²) in [4.78, 5) is 11.6. The summed E-state index contributed by atoms with van der Waals surface area (Å²) >= 11 is 5.76. The molecule has 1 aromatic rings. The Morgan fingerprint density at radius 2 is 2.00 bits per heavy atom. The molecule has 0 spiro atoms. The van der Waals surface area contributed by atoms with Crippen molar-refractivity contribution < 1.29 is 13.2 Å². The second-order valence-corrected chi connectivity index (χ2v) is 7.96. The molecule has 0 radical (unpaired) electrons. The highest BCUT2D eigenvalue weighted by atomic mass is 35.5. The van der Waals surface area contributed by atoms with Crippen LogP contribution in [-0.4, -0.2) is 32.5 Å². The van der Waals surface area contributed by atoms with Gasteiger partial charge < -0.3 is 10.6 Å². The van der Waals surface area contributed by atoms with Crippen molar-refractivity contribution in [3.8, 4) is 0 Å². The zero-order valence-electron chi connectivity index (χ0n) is 11.6. The summed E-state index contributed by atoms with van der Waals surface area (Å²) in [6.45, 7) is 0.538. The van der Waals surface area contributed by atoms with Crippen molar-refractivity contribution in [1.29, 1.82) is 0 Å². The Labute approximate surface area is 130 Å². The SMILES string of the molecule is O=C(NCCCC1CCS(=O)(=O)C1)Nc1ccc(Cl)cc1. The maximum atomic E-state index is 11.6. The number of carbonyl (C=O) groups is 1. The van der Waals surface area contributed by atoms with Gasteiger partial charge in [-0.3, -0.25) is 0 Å². The number of benzene rings is 1. The highest BCUT2D eigenvalue weighted by Gasteiger charge is 2.27. The van der Waals surface area contributed by atoms with Crippen LogP contribution in [0.25, 0.3) is 0 Å². The van der Waals surface area contributed by atoms with Crippen LogP contribution in [0.5, 0.6) is 0 Å². The molecule has 1 heterocycles. The Balaban J connectivity index is 1.62. The van der Waals surface area contributed by atoms with Crippen LogP contribution in [0.3, 0.4) is 0 Å². The van der Waals surface area contributed by atoms with Crippen LogP contribution in [-0.2, 0) is 9.84 Å². The Kier molecular flexibility index (Phi) is 5.47. The van der Waals surface area contributed by atoms with E-state index >= 15 is 0 Å². The summed E-state index contributed by atoms with van der Waals surface area (Å²) in [5, 5.41) is 6.08. The standard InChI is InChI=1S/C14H19ClN2O3S/c15-12-3-5-13(6-4-12)17-14(18)16-8-1-2-11-7-9-21(19,20)10-11/h3-6,11H,1-2,7-10H2,(H2,16,17,18). The zero-order chi connectivity index (χ0) is 15.3. The third-order valence-corrected chi connectivity index (χ3v) is 5.59. The van der Waals surface area contributed by atoms with Crippen molar-refractivity contribution in [1.82, 2.24) is 5.32 Å². The van der Waals surface area contributed by atoms with E-state index in [1.54, 1.807) is 24.3 Å². The smallest absolute Gasteiger partial charge is 0.319 e. The normalized spacial score (nSPS) is 20.1. The summed E-state index contributed by atoms with van der Waals surface area (Å²) in [7, 11) is -2.80. The fourth-order valence-corrected chi connectivity index (χ4v) is 4.44. The maximum absolute atomic E-state index is 11.6. The van der Waals surface area contributed by atoms with Crippen molar-refractivity contribution in [2.45, 2.75) is 19.3 Å². The lowest BCUT2D eigenvalue weighted by molar-refractivity contribution is 0.251. The fourth-order valence-electron chi connectivity index (χ4n) is 2.40. The molecule has 0 saturated carbocycles. The van der Waals surface area contributed by atoms with Crippen LogP contribution >= 0.6 is 11.6 Å². The molecule has 1 saturated heterocycles. The molecule has 2 N–H and O–H groups in total. The van der Waals surface area contributed by atoms with E-state index in [9.17, 15) is 13.2 Å². The van der Waals surface area contributed by atoms with Gasteiger partial charge in [-0.15, -0.1) is 0 Å². The molecule has 0 aromatic heterocycles. The van der Waals surface area contributed by atoms with Gasteiger partial charge in [-0.1, -0.05) is 11.6 Å². The van der Waals surface area contributed by atoms with Gasteiger partial charge in [0.25, 0.3) is 0 Å². The van der Waals surface area contributed by atoms with E-state index in [1.807, 2.05) is 0 Å². The van der Waals surface area contributed by atoms with Gasteiger partial charge in [0.2, 0.25) is 0 Å². The molecular formula is C14H19ClN2O3S. The third kappa shape index (κ3) is 5.55. The van der Waals surface area contributed by atoms with E-state index in [4.69, 9.17) is 11.6 Å². The Hall–Kier alpha value is -1.27. The molecule has 2 rings (SSSR count). The first-order valence-electron chi connectivity index (χ1n) is 6.95. The van der Waals surface area contributed by atoms with Crippen molar-refractivity contribution in [2.24, 2.45) is 5.92 Å². The summed E-state index contributed by atoms with van der Waals surface area (Å²) in [6, 6.07) is 6.60. The quantitative estimate of drug-likeness (QED) is 0.815. The number of hydrogen-bond acceptors (Lipinski definition) is 3. The number of amides is 2. The zero-order valence-corrected chi connectivity index (χ0v) is 13.2. The number of hydrogen-bond donors (Lipinski definition) is 2. The molecular weight excluding hydrogens is 312 g/mol. The number of rotatable bonds is 5. The van der Waals surface area contributed by atoms with E-state index in [0.717, 1.165) is 19.3 Å². The van der Waals surface area contributed by atoms with E-state index < -0.39 is 9.84 Å². The average molecular weight is 331 g/mol. The summed E-state index contributed by atoms with van der Waals surface area (Å²) in [5.74, 6) is 0.850. The average Bonchev–Trinajstić information content (AvgIpc) is 2.77. The van der Waals surface area contributed by atoms with Crippen molar-refractivity contribution in [3.05, 3.63) is 29.3 Å². The monoisotopic (exact) mass is 330 g/mol. The number of sulfone groups is 1. The lowest BCUT2D eigenvalue weighted by Crippen LogP contribution is -2.29. The minimum absolute atomic E-state index is 0.246. The lowest BCUT2D eigenvalue weighted by atomic mass is 10.0. The first-order chi connectivity index (χ1) is 9.94. The van der Waals surface area contributed by atoms with Crippen LogP contribution in [0, 0.1) is 5.92 Å². The van der Waals surface area contributed by atoms with Gasteiger partial charge in [0.05, 0.1) is 11.5 Å². The molecule has 7 heteroatoms. The number of urea groups is 1. The largest absolute Gasteiger partial charge is 0.338 e. The van der Waals surface area contributed by atoms with Gasteiger partial charge in [0.1, 0.15) is 0 Å². The van der Waals surface area contributed by atoms with Gasteiger partial charge in [0.15, 0.2) is 9.84 Å². The Bertz CT molecular complexity index is 587. The molecule has 1 aliphatic rings. The molecule has 5 nitrogen and oxygen atoms in total. The highest BCUT2D eigenvalue weighted by molar-refractivity contribution is 7.91. The molecule has 0 bridgehead atoms. The van der Waals surface area contributed by atoms with Crippen LogP contribution in [0.4, 0.5) is 10.5 Å². The van der Waals surface area contributed by atoms with Gasteiger partial charge in [-0.05, 0) is 49.4 Å². The van der Waals surface area contributed by atoms with Gasteiger partial charge in [-0.25, -0.2) is 13.2 Å². The molecule has 1 aromatic carbocycles. The number of carbonyl (C=O) groups excluding carboxylic acids is 1. The summed E-state index contributed by atoms with van der Waals surface area (Å²) < 4.78 is 22.6. The van der Waals surface area contributed by atoms with Crippen molar-refractivity contribution in [3.63, 3.8) is 0 Å². The first-order valence-corrected chi connectivity index (χ1v) is 9.15. The number of anilines is 1. The maximum Gasteiger partial charge on any atom is 0.319 e. The van der Waals surface area contributed by atoms with Crippen LogP contribution in [0.1, 0.15) is 19.3 Å². The van der Waals surface area contributed by atoms with Gasteiger partial charge in [-0.2, -0.15) is 0 Å². The number of nitrogens with one attached hydrogen (secondary N) is 2. The Morgan fingerprint density at radius 1 is 1.29 bits per heavy atom. The minimum atomic E-state index is -2.80. The second kappa shape index (κ2) is 7.13. The molecule has 21 heavy (non-hydrogen) atoms. The second-order valence-electron chi connectivity index (χ2n) is 5.30. The molecule has 2 amide bonds. The molecule has 1 unspecified atom stereocenters. The minimum Gasteiger partial charge on any atom is -0.338 e. The van der Waals surface area contributed by atoms with E-state index in [0.29, 0.717) is 28.8 Å². The predicted octanol–water partition coefficient (Wildman–Crippen LogP) is 2.68. The summed E-state index contributed by atoms with van der Waals surface area (Å²) in [5.41, 5.74) is 0.679. The van der Waals surface area contributed by atoms with Crippen LogP contribution in [0.15, 0.2) is 24.3 Å². The van der Waals surface area contributed by atoms with Gasteiger partial charge >= 0.3 is 6.03 Å². The van der Waals surface area contributed by atoms with E-state index in [-0.39, 0.29) is 11.9 Å². The fraction of sp³-hybridized carbons (Fsp3) is 0.500.